The summed E-state index contributed by atoms with van der Waals surface area (Å²) in [6.45, 7) is 6.03. The Morgan fingerprint density at radius 3 is 2.77 bits per heavy atom. The first-order valence-electron chi connectivity index (χ1n) is 4.24. The number of hydrogen-bond acceptors (Lipinski definition) is 3. The molecule has 13 heavy (non-hydrogen) atoms. The van der Waals surface area contributed by atoms with E-state index in [9.17, 15) is 9.59 Å². The van der Waals surface area contributed by atoms with Crippen LogP contribution in [0.4, 0.5) is 0 Å². The summed E-state index contributed by atoms with van der Waals surface area (Å²) in [5, 5.41) is 2.56. The maximum Gasteiger partial charge on any atom is 0.315 e. The number of hydrogen-bond donors (Lipinski definition) is 1. The molecule has 4 nitrogen and oxygen atoms in total. The summed E-state index contributed by atoms with van der Waals surface area (Å²) in [7, 11) is 0. The van der Waals surface area contributed by atoms with E-state index < -0.39 is 5.97 Å². The molecular formula is C9H15NO3. The Bertz CT molecular complexity index is 189. The number of ether oxygens (including phenoxy) is 1. The Morgan fingerprint density at radius 2 is 2.23 bits per heavy atom. The minimum Gasteiger partial charge on any atom is -0.466 e. The first-order chi connectivity index (χ1) is 6.20. The number of rotatable bonds is 6. The number of carbonyl (C=O) groups is 2. The Hall–Kier alpha value is -1.32. The molecule has 0 saturated heterocycles. The maximum atomic E-state index is 11.0. The van der Waals surface area contributed by atoms with Crippen molar-refractivity contribution in [1.82, 2.24) is 5.32 Å². The summed E-state index contributed by atoms with van der Waals surface area (Å²) in [6.07, 6.45) is 2.20. The molecule has 0 aliphatic rings. The van der Waals surface area contributed by atoms with E-state index in [-0.39, 0.29) is 12.3 Å². The highest BCUT2D eigenvalue weighted by Crippen LogP contribution is 1.86. The smallest absolute Gasteiger partial charge is 0.315 e. The summed E-state index contributed by atoms with van der Waals surface area (Å²) < 4.78 is 4.60. The average Bonchev–Trinajstić information content (AvgIpc) is 2.05. The number of esters is 1. The van der Waals surface area contributed by atoms with E-state index in [0.717, 1.165) is 0 Å². The molecule has 0 aromatic carbocycles. The minimum atomic E-state index is -0.487. The van der Waals surface area contributed by atoms with Gasteiger partial charge in [0, 0.05) is 6.54 Å². The molecule has 0 aromatic rings. The Balaban J connectivity index is 3.49. The fourth-order valence-electron chi connectivity index (χ4n) is 0.719. The normalized spacial score (nSPS) is 9.00. The molecule has 0 saturated carbocycles. The molecule has 1 amide bonds. The topological polar surface area (TPSA) is 55.4 Å². The van der Waals surface area contributed by atoms with E-state index >= 15 is 0 Å². The van der Waals surface area contributed by atoms with Crippen LogP contribution in [0.2, 0.25) is 0 Å². The predicted octanol–water partition coefficient (Wildman–Crippen LogP) is 0.632. The molecule has 1 N–H and O–H groups in total. The summed E-state index contributed by atoms with van der Waals surface area (Å²) in [5.74, 6) is -0.793. The molecule has 0 bridgehead atoms. The standard InChI is InChI=1S/C9H15NO3/c1-3-5-6-10-8(11)7-9(12)13-4-2/h3H,1,4-7H2,2H3,(H,10,11). The minimum absolute atomic E-state index is 0.203. The first-order valence-corrected chi connectivity index (χ1v) is 4.24. The molecule has 4 heteroatoms. The summed E-state index contributed by atoms with van der Waals surface area (Å²) in [4.78, 5) is 21.7. The molecule has 0 spiro atoms. The second-order valence-corrected chi connectivity index (χ2v) is 2.41. The third-order valence-electron chi connectivity index (χ3n) is 1.28. The third kappa shape index (κ3) is 7.05. The zero-order valence-corrected chi connectivity index (χ0v) is 7.84. The lowest BCUT2D eigenvalue weighted by Crippen LogP contribution is -2.27. The van der Waals surface area contributed by atoms with Gasteiger partial charge in [-0.3, -0.25) is 9.59 Å². The van der Waals surface area contributed by atoms with Gasteiger partial charge in [-0.05, 0) is 13.3 Å². The van der Waals surface area contributed by atoms with Crippen molar-refractivity contribution in [1.29, 1.82) is 0 Å². The van der Waals surface area contributed by atoms with Crippen molar-refractivity contribution in [2.24, 2.45) is 0 Å². The second kappa shape index (κ2) is 7.34. The molecule has 0 heterocycles. The largest absolute Gasteiger partial charge is 0.466 e. The van der Waals surface area contributed by atoms with Gasteiger partial charge in [0.25, 0.3) is 0 Å². The SMILES string of the molecule is C=CCCNC(=O)CC(=O)OCC. The molecular weight excluding hydrogens is 170 g/mol. The molecule has 0 radical (unpaired) electrons. The maximum absolute atomic E-state index is 11.0. The highest BCUT2D eigenvalue weighted by atomic mass is 16.5. The Kier molecular flexibility index (Phi) is 6.59. The van der Waals surface area contributed by atoms with Crippen molar-refractivity contribution in [3.05, 3.63) is 12.7 Å². The Morgan fingerprint density at radius 1 is 1.54 bits per heavy atom. The van der Waals surface area contributed by atoms with Gasteiger partial charge in [-0.1, -0.05) is 6.08 Å². The monoisotopic (exact) mass is 185 g/mol. The van der Waals surface area contributed by atoms with Crippen molar-refractivity contribution in [3.8, 4) is 0 Å². The van der Waals surface area contributed by atoms with Gasteiger partial charge in [-0.2, -0.15) is 0 Å². The van der Waals surface area contributed by atoms with Gasteiger partial charge in [0.15, 0.2) is 0 Å². The van der Waals surface area contributed by atoms with Crippen LogP contribution >= 0.6 is 0 Å². The molecule has 0 fully saturated rings. The van der Waals surface area contributed by atoms with Gasteiger partial charge >= 0.3 is 5.97 Å². The van der Waals surface area contributed by atoms with Gasteiger partial charge in [-0.15, -0.1) is 6.58 Å². The molecule has 0 aromatic heterocycles. The van der Waals surface area contributed by atoms with Crippen LogP contribution in [-0.4, -0.2) is 25.0 Å². The first kappa shape index (κ1) is 11.7. The summed E-state index contributed by atoms with van der Waals surface area (Å²) in [5.41, 5.74) is 0. The van der Waals surface area contributed by atoms with Crippen molar-refractivity contribution >= 4 is 11.9 Å². The fourth-order valence-corrected chi connectivity index (χ4v) is 0.719. The van der Waals surface area contributed by atoms with Crippen molar-refractivity contribution in [2.45, 2.75) is 19.8 Å². The van der Waals surface area contributed by atoms with Gasteiger partial charge in [0.2, 0.25) is 5.91 Å². The zero-order valence-electron chi connectivity index (χ0n) is 7.84. The van der Waals surface area contributed by atoms with Gasteiger partial charge in [0.1, 0.15) is 6.42 Å². The molecule has 0 unspecified atom stereocenters. The summed E-state index contributed by atoms with van der Waals surface area (Å²) in [6, 6.07) is 0. The molecule has 0 rings (SSSR count). The third-order valence-corrected chi connectivity index (χ3v) is 1.28. The Labute approximate surface area is 78.0 Å². The van der Waals surface area contributed by atoms with Gasteiger partial charge in [-0.25, -0.2) is 0 Å². The predicted molar refractivity (Wildman–Crippen MR) is 49.1 cm³/mol. The van der Waals surface area contributed by atoms with Crippen LogP contribution in [-0.2, 0) is 14.3 Å². The lowest BCUT2D eigenvalue weighted by atomic mass is 10.3. The lowest BCUT2D eigenvalue weighted by Gasteiger charge is -2.02. The number of amides is 1. The van der Waals surface area contributed by atoms with Crippen LogP contribution in [0.15, 0.2) is 12.7 Å². The molecule has 0 aliphatic heterocycles. The van der Waals surface area contributed by atoms with Crippen molar-refractivity contribution in [3.63, 3.8) is 0 Å². The van der Waals surface area contributed by atoms with E-state index in [2.05, 4.69) is 16.6 Å². The molecule has 0 aliphatic carbocycles. The fraction of sp³-hybridized carbons (Fsp3) is 0.556. The van der Waals surface area contributed by atoms with E-state index in [4.69, 9.17) is 0 Å². The van der Waals surface area contributed by atoms with Crippen molar-refractivity contribution in [2.75, 3.05) is 13.2 Å². The second-order valence-electron chi connectivity index (χ2n) is 2.41. The van der Waals surface area contributed by atoms with E-state index in [1.54, 1.807) is 13.0 Å². The molecule has 0 atom stereocenters. The highest BCUT2D eigenvalue weighted by Gasteiger charge is 2.08. The summed E-state index contributed by atoms with van der Waals surface area (Å²) >= 11 is 0. The zero-order chi connectivity index (χ0) is 10.1. The quantitative estimate of drug-likeness (QED) is 0.286. The van der Waals surface area contributed by atoms with E-state index in [1.165, 1.54) is 0 Å². The van der Waals surface area contributed by atoms with Crippen LogP contribution in [0.5, 0.6) is 0 Å². The van der Waals surface area contributed by atoms with Crippen LogP contribution in [0.1, 0.15) is 19.8 Å². The van der Waals surface area contributed by atoms with Crippen LogP contribution < -0.4 is 5.32 Å². The van der Waals surface area contributed by atoms with E-state index in [0.29, 0.717) is 19.6 Å². The lowest BCUT2D eigenvalue weighted by molar-refractivity contribution is -0.145. The van der Waals surface area contributed by atoms with E-state index in [1.807, 2.05) is 0 Å². The van der Waals surface area contributed by atoms with Crippen LogP contribution in [0.3, 0.4) is 0 Å². The van der Waals surface area contributed by atoms with Crippen LogP contribution in [0, 0.1) is 0 Å². The highest BCUT2D eigenvalue weighted by molar-refractivity contribution is 5.94. The molecule has 74 valence electrons. The number of carbonyl (C=O) groups excluding carboxylic acids is 2. The van der Waals surface area contributed by atoms with Crippen LogP contribution in [0.25, 0.3) is 0 Å². The van der Waals surface area contributed by atoms with Gasteiger partial charge in [0.05, 0.1) is 6.61 Å². The van der Waals surface area contributed by atoms with Gasteiger partial charge < -0.3 is 10.1 Å². The number of nitrogens with one attached hydrogen (secondary N) is 1. The average molecular weight is 185 g/mol. The van der Waals surface area contributed by atoms with Crippen molar-refractivity contribution < 1.29 is 14.3 Å².